The van der Waals surface area contributed by atoms with Gasteiger partial charge in [0.05, 0.1) is 16.0 Å². The molecular formula is C9H12ClN3OS. The summed E-state index contributed by atoms with van der Waals surface area (Å²) in [5.41, 5.74) is 8.18. The number of benzene rings is 1. The van der Waals surface area contributed by atoms with Crippen molar-refractivity contribution in [2.24, 2.45) is 5.84 Å². The van der Waals surface area contributed by atoms with E-state index in [1.165, 1.54) is 11.8 Å². The minimum absolute atomic E-state index is 0.229. The van der Waals surface area contributed by atoms with Crippen molar-refractivity contribution in [1.29, 1.82) is 0 Å². The molecule has 1 unspecified atom stereocenters. The van der Waals surface area contributed by atoms with E-state index in [1.54, 1.807) is 19.1 Å². The van der Waals surface area contributed by atoms with E-state index in [0.717, 1.165) is 4.90 Å². The van der Waals surface area contributed by atoms with Gasteiger partial charge in [0.1, 0.15) is 0 Å². The summed E-state index contributed by atoms with van der Waals surface area (Å²) in [5.74, 6) is 4.79. The molecule has 0 aliphatic heterocycles. The standard InChI is InChI=1S/C9H12ClN3OS/c1-5(9(14)13-12)15-6-2-3-8(11)7(10)4-6/h2-5H,11-12H2,1H3,(H,13,14). The van der Waals surface area contributed by atoms with Gasteiger partial charge >= 0.3 is 0 Å². The summed E-state index contributed by atoms with van der Waals surface area (Å²) in [6.45, 7) is 1.76. The highest BCUT2D eigenvalue weighted by atomic mass is 35.5. The average Bonchev–Trinajstić information content (AvgIpc) is 2.22. The number of hydrazine groups is 1. The van der Waals surface area contributed by atoms with Crippen LogP contribution in [0.2, 0.25) is 5.02 Å². The fourth-order valence-corrected chi connectivity index (χ4v) is 2.12. The van der Waals surface area contributed by atoms with Crippen LogP contribution in [0.15, 0.2) is 23.1 Å². The number of nitrogen functional groups attached to an aromatic ring is 1. The second-order valence-corrected chi connectivity index (χ2v) is 4.77. The first kappa shape index (κ1) is 12.2. The Morgan fingerprint density at radius 3 is 2.80 bits per heavy atom. The van der Waals surface area contributed by atoms with Crippen molar-refractivity contribution < 1.29 is 4.79 Å². The largest absolute Gasteiger partial charge is 0.398 e. The van der Waals surface area contributed by atoms with Gasteiger partial charge in [0.25, 0.3) is 0 Å². The number of anilines is 1. The fourth-order valence-electron chi connectivity index (χ4n) is 0.956. The van der Waals surface area contributed by atoms with Gasteiger partial charge in [0.15, 0.2) is 0 Å². The Bertz CT molecular complexity index is 372. The molecule has 0 saturated carbocycles. The van der Waals surface area contributed by atoms with E-state index in [-0.39, 0.29) is 11.2 Å². The lowest BCUT2D eigenvalue weighted by Gasteiger charge is -2.09. The molecule has 82 valence electrons. The summed E-state index contributed by atoms with van der Waals surface area (Å²) in [5, 5.41) is 0.218. The van der Waals surface area contributed by atoms with Crippen molar-refractivity contribution in [2.45, 2.75) is 17.1 Å². The van der Waals surface area contributed by atoms with Crippen LogP contribution in [0, 0.1) is 0 Å². The van der Waals surface area contributed by atoms with E-state index in [2.05, 4.69) is 5.43 Å². The molecule has 0 bridgehead atoms. The topological polar surface area (TPSA) is 81.1 Å². The maximum Gasteiger partial charge on any atom is 0.247 e. The van der Waals surface area contributed by atoms with Gasteiger partial charge in [0, 0.05) is 4.90 Å². The quantitative estimate of drug-likeness (QED) is 0.247. The lowest BCUT2D eigenvalue weighted by Crippen LogP contribution is -2.36. The molecule has 0 spiro atoms. The SMILES string of the molecule is CC(Sc1ccc(N)c(Cl)c1)C(=O)NN. The van der Waals surface area contributed by atoms with E-state index in [0.29, 0.717) is 10.7 Å². The van der Waals surface area contributed by atoms with Crippen molar-refractivity contribution in [2.75, 3.05) is 5.73 Å². The number of halogens is 1. The maximum atomic E-state index is 11.2. The van der Waals surface area contributed by atoms with Gasteiger partial charge in [-0.05, 0) is 25.1 Å². The van der Waals surface area contributed by atoms with Crippen LogP contribution in [0.4, 0.5) is 5.69 Å². The number of rotatable bonds is 3. The molecular weight excluding hydrogens is 234 g/mol. The maximum absolute atomic E-state index is 11.2. The molecule has 0 aromatic heterocycles. The third-order valence-corrected chi connectivity index (χ3v) is 3.22. The number of nitrogens with one attached hydrogen (secondary N) is 1. The zero-order chi connectivity index (χ0) is 11.4. The van der Waals surface area contributed by atoms with E-state index in [1.807, 2.05) is 6.07 Å². The van der Waals surface area contributed by atoms with Crippen LogP contribution in [0.1, 0.15) is 6.92 Å². The smallest absolute Gasteiger partial charge is 0.247 e. The van der Waals surface area contributed by atoms with Crippen molar-refractivity contribution in [3.8, 4) is 0 Å². The normalized spacial score (nSPS) is 12.2. The highest BCUT2D eigenvalue weighted by Gasteiger charge is 2.13. The third kappa shape index (κ3) is 3.30. The molecule has 6 heteroatoms. The molecule has 1 rings (SSSR count). The molecule has 0 fully saturated rings. The summed E-state index contributed by atoms with van der Waals surface area (Å²) in [7, 11) is 0. The van der Waals surface area contributed by atoms with Gasteiger partial charge in [-0.25, -0.2) is 5.84 Å². The number of carbonyl (C=O) groups is 1. The van der Waals surface area contributed by atoms with Crippen LogP contribution in [0.25, 0.3) is 0 Å². The van der Waals surface area contributed by atoms with E-state index < -0.39 is 0 Å². The van der Waals surface area contributed by atoms with Gasteiger partial charge in [-0.3, -0.25) is 10.2 Å². The van der Waals surface area contributed by atoms with Crippen LogP contribution in [-0.4, -0.2) is 11.2 Å². The Labute approximate surface area is 97.3 Å². The first-order chi connectivity index (χ1) is 7.04. The number of nitrogens with two attached hydrogens (primary N) is 2. The molecule has 4 nitrogen and oxygen atoms in total. The molecule has 0 radical (unpaired) electrons. The van der Waals surface area contributed by atoms with Crippen LogP contribution in [0.3, 0.4) is 0 Å². The van der Waals surface area contributed by atoms with E-state index in [4.69, 9.17) is 23.2 Å². The third-order valence-electron chi connectivity index (χ3n) is 1.80. The Kier molecular flexibility index (Phi) is 4.26. The molecule has 0 aliphatic rings. The Morgan fingerprint density at radius 1 is 1.60 bits per heavy atom. The molecule has 0 heterocycles. The van der Waals surface area contributed by atoms with Crippen LogP contribution >= 0.6 is 23.4 Å². The first-order valence-corrected chi connectivity index (χ1v) is 5.52. The first-order valence-electron chi connectivity index (χ1n) is 4.26. The van der Waals surface area contributed by atoms with Gasteiger partial charge in [-0.1, -0.05) is 11.6 Å². The number of carbonyl (C=O) groups excluding carboxylic acids is 1. The highest BCUT2D eigenvalue weighted by molar-refractivity contribution is 8.00. The van der Waals surface area contributed by atoms with Crippen molar-refractivity contribution in [3.05, 3.63) is 23.2 Å². The Balaban J connectivity index is 2.73. The highest BCUT2D eigenvalue weighted by Crippen LogP contribution is 2.28. The molecule has 1 amide bonds. The van der Waals surface area contributed by atoms with Crippen molar-refractivity contribution in [3.63, 3.8) is 0 Å². The molecule has 5 N–H and O–H groups in total. The predicted molar refractivity (Wildman–Crippen MR) is 63.5 cm³/mol. The van der Waals surface area contributed by atoms with Crippen LogP contribution < -0.4 is 17.0 Å². The Hall–Kier alpha value is -0.910. The number of hydrogen-bond donors (Lipinski definition) is 3. The molecule has 1 aromatic carbocycles. The molecule has 0 aliphatic carbocycles. The lowest BCUT2D eigenvalue weighted by atomic mass is 10.3. The summed E-state index contributed by atoms with van der Waals surface area (Å²) in [6.07, 6.45) is 0. The van der Waals surface area contributed by atoms with Crippen molar-refractivity contribution in [1.82, 2.24) is 5.43 Å². The second-order valence-electron chi connectivity index (χ2n) is 2.95. The zero-order valence-corrected chi connectivity index (χ0v) is 9.73. The number of hydrogen-bond acceptors (Lipinski definition) is 4. The summed E-state index contributed by atoms with van der Waals surface area (Å²) in [6, 6.07) is 5.24. The van der Waals surface area contributed by atoms with Crippen LogP contribution in [-0.2, 0) is 4.79 Å². The predicted octanol–water partition coefficient (Wildman–Crippen LogP) is 1.39. The summed E-state index contributed by atoms with van der Waals surface area (Å²) < 4.78 is 0. The zero-order valence-electron chi connectivity index (χ0n) is 8.16. The van der Waals surface area contributed by atoms with Crippen LogP contribution in [0.5, 0.6) is 0 Å². The van der Waals surface area contributed by atoms with Gasteiger partial charge < -0.3 is 5.73 Å². The lowest BCUT2D eigenvalue weighted by molar-refractivity contribution is -0.120. The molecule has 1 aromatic rings. The monoisotopic (exact) mass is 245 g/mol. The Morgan fingerprint density at radius 2 is 2.27 bits per heavy atom. The fraction of sp³-hybridized carbons (Fsp3) is 0.222. The van der Waals surface area contributed by atoms with Gasteiger partial charge in [-0.2, -0.15) is 0 Å². The number of amides is 1. The minimum Gasteiger partial charge on any atom is -0.398 e. The average molecular weight is 246 g/mol. The van der Waals surface area contributed by atoms with Gasteiger partial charge in [-0.15, -0.1) is 11.8 Å². The minimum atomic E-state index is -0.269. The summed E-state index contributed by atoms with van der Waals surface area (Å²) >= 11 is 7.21. The molecule has 0 saturated heterocycles. The van der Waals surface area contributed by atoms with Crippen molar-refractivity contribution >= 4 is 35.0 Å². The molecule has 15 heavy (non-hydrogen) atoms. The molecule has 1 atom stereocenters. The number of thioether (sulfide) groups is 1. The van der Waals surface area contributed by atoms with E-state index >= 15 is 0 Å². The second kappa shape index (κ2) is 5.25. The van der Waals surface area contributed by atoms with Gasteiger partial charge in [0.2, 0.25) is 5.91 Å². The van der Waals surface area contributed by atoms with E-state index in [9.17, 15) is 4.79 Å². The summed E-state index contributed by atoms with van der Waals surface area (Å²) in [4.78, 5) is 12.0.